The number of alkyl carbamates (subject to hydrolysis) is 1. The number of ether oxygens (including phenoxy) is 1. The lowest BCUT2D eigenvalue weighted by Gasteiger charge is -2.26. The molecule has 0 bridgehead atoms. The second-order valence-electron chi connectivity index (χ2n) is 4.05. The number of nitrogens with one attached hydrogen (secondary N) is 1. The minimum absolute atomic E-state index is 0.213. The second-order valence-corrected chi connectivity index (χ2v) is 6.36. The Kier molecular flexibility index (Phi) is 1.99. The van der Waals surface area contributed by atoms with E-state index in [4.69, 9.17) is 4.74 Å². The van der Waals surface area contributed by atoms with Crippen molar-refractivity contribution < 1.29 is 17.9 Å². The predicted molar refractivity (Wildman–Crippen MR) is 49.7 cm³/mol. The van der Waals surface area contributed by atoms with E-state index in [1.54, 1.807) is 6.92 Å². The standard InChI is InChI=1S/C8H13NO4S/c1-8(5-9-7(10)13-8)6-3-2-4-14(6,11)12/h6H,2-5H2,1H3,(H,9,10). The Hall–Kier alpha value is -0.780. The van der Waals surface area contributed by atoms with E-state index in [1.807, 2.05) is 0 Å². The summed E-state index contributed by atoms with van der Waals surface area (Å²) in [6, 6.07) is 0. The summed E-state index contributed by atoms with van der Waals surface area (Å²) in [6.45, 7) is 1.97. The predicted octanol–water partition coefficient (Wildman–Crippen LogP) is 0.0621. The lowest BCUT2D eigenvalue weighted by atomic mass is 9.99. The van der Waals surface area contributed by atoms with Gasteiger partial charge in [0.15, 0.2) is 9.84 Å². The van der Waals surface area contributed by atoms with Crippen LogP contribution in [0.4, 0.5) is 4.79 Å². The van der Waals surface area contributed by atoms with Crippen molar-refractivity contribution in [2.45, 2.75) is 30.6 Å². The molecule has 2 atom stereocenters. The van der Waals surface area contributed by atoms with Crippen LogP contribution in [0.5, 0.6) is 0 Å². The molecule has 2 rings (SSSR count). The fourth-order valence-electron chi connectivity index (χ4n) is 2.19. The Balaban J connectivity index is 2.27. The van der Waals surface area contributed by atoms with E-state index < -0.39 is 26.8 Å². The molecule has 14 heavy (non-hydrogen) atoms. The molecule has 0 aromatic rings. The van der Waals surface area contributed by atoms with Crippen molar-refractivity contribution >= 4 is 15.9 Å². The van der Waals surface area contributed by atoms with Crippen LogP contribution < -0.4 is 5.32 Å². The summed E-state index contributed by atoms with van der Waals surface area (Å²) in [6.07, 6.45) is 0.739. The molecule has 80 valence electrons. The molecule has 0 aromatic carbocycles. The Morgan fingerprint density at radius 2 is 2.29 bits per heavy atom. The minimum Gasteiger partial charge on any atom is -0.440 e. The van der Waals surface area contributed by atoms with Gasteiger partial charge in [0.1, 0.15) is 10.9 Å². The molecule has 2 heterocycles. The monoisotopic (exact) mass is 219 g/mol. The van der Waals surface area contributed by atoms with Gasteiger partial charge in [-0.3, -0.25) is 0 Å². The van der Waals surface area contributed by atoms with E-state index >= 15 is 0 Å². The number of sulfone groups is 1. The van der Waals surface area contributed by atoms with Crippen LogP contribution in [-0.4, -0.2) is 37.7 Å². The smallest absolute Gasteiger partial charge is 0.407 e. The highest BCUT2D eigenvalue weighted by molar-refractivity contribution is 7.92. The molecule has 0 aliphatic carbocycles. The summed E-state index contributed by atoms with van der Waals surface area (Å²) in [7, 11) is -3.07. The lowest BCUT2D eigenvalue weighted by molar-refractivity contribution is 0.0679. The number of carbonyl (C=O) groups excluding carboxylic acids is 1. The van der Waals surface area contributed by atoms with Crippen LogP contribution in [0.3, 0.4) is 0 Å². The molecule has 1 amide bonds. The van der Waals surface area contributed by atoms with Crippen LogP contribution in [0.15, 0.2) is 0 Å². The quantitative estimate of drug-likeness (QED) is 0.677. The summed E-state index contributed by atoms with van der Waals surface area (Å²) >= 11 is 0. The van der Waals surface area contributed by atoms with Crippen LogP contribution in [0.2, 0.25) is 0 Å². The van der Waals surface area contributed by atoms with E-state index in [0.717, 1.165) is 0 Å². The number of amides is 1. The third kappa shape index (κ3) is 1.37. The zero-order valence-electron chi connectivity index (χ0n) is 7.95. The maximum atomic E-state index is 11.6. The van der Waals surface area contributed by atoms with E-state index in [0.29, 0.717) is 12.8 Å². The largest absolute Gasteiger partial charge is 0.440 e. The highest BCUT2D eigenvalue weighted by Gasteiger charge is 2.51. The first-order chi connectivity index (χ1) is 6.44. The highest BCUT2D eigenvalue weighted by Crippen LogP contribution is 2.33. The zero-order valence-corrected chi connectivity index (χ0v) is 8.76. The molecule has 2 aliphatic rings. The average molecular weight is 219 g/mol. The Morgan fingerprint density at radius 1 is 1.57 bits per heavy atom. The molecule has 0 saturated carbocycles. The van der Waals surface area contributed by atoms with Gasteiger partial charge in [0.05, 0.1) is 12.3 Å². The van der Waals surface area contributed by atoms with E-state index in [9.17, 15) is 13.2 Å². The molecule has 2 saturated heterocycles. The van der Waals surface area contributed by atoms with Crippen LogP contribution in [0, 0.1) is 0 Å². The van der Waals surface area contributed by atoms with Gasteiger partial charge in [-0.15, -0.1) is 0 Å². The molecule has 0 aromatic heterocycles. The van der Waals surface area contributed by atoms with Gasteiger partial charge >= 0.3 is 6.09 Å². The molecule has 2 unspecified atom stereocenters. The molecular formula is C8H13NO4S. The second kappa shape index (κ2) is 2.85. The maximum absolute atomic E-state index is 11.6. The summed E-state index contributed by atoms with van der Waals surface area (Å²) in [5, 5.41) is 1.97. The third-order valence-electron chi connectivity index (χ3n) is 2.92. The summed E-state index contributed by atoms with van der Waals surface area (Å²) in [4.78, 5) is 10.9. The van der Waals surface area contributed by atoms with Crippen molar-refractivity contribution in [3.05, 3.63) is 0 Å². The van der Waals surface area contributed by atoms with E-state index in [-0.39, 0.29) is 12.3 Å². The van der Waals surface area contributed by atoms with Crippen LogP contribution in [-0.2, 0) is 14.6 Å². The first kappa shape index (κ1) is 9.76. The van der Waals surface area contributed by atoms with Crippen LogP contribution in [0.1, 0.15) is 19.8 Å². The number of hydrogen-bond acceptors (Lipinski definition) is 4. The maximum Gasteiger partial charge on any atom is 0.407 e. The van der Waals surface area contributed by atoms with Crippen molar-refractivity contribution in [3.8, 4) is 0 Å². The van der Waals surface area contributed by atoms with Crippen molar-refractivity contribution in [2.24, 2.45) is 0 Å². The fourth-order valence-corrected chi connectivity index (χ4v) is 4.46. The average Bonchev–Trinajstić information content (AvgIpc) is 2.56. The Bertz CT molecular complexity index is 364. The van der Waals surface area contributed by atoms with Gasteiger partial charge < -0.3 is 10.1 Å². The van der Waals surface area contributed by atoms with Gasteiger partial charge in [-0.05, 0) is 19.8 Å². The molecule has 0 radical (unpaired) electrons. The van der Waals surface area contributed by atoms with Crippen molar-refractivity contribution in [1.29, 1.82) is 0 Å². The fraction of sp³-hybridized carbons (Fsp3) is 0.875. The summed E-state index contributed by atoms with van der Waals surface area (Å²) in [5.41, 5.74) is -0.869. The first-order valence-electron chi connectivity index (χ1n) is 4.62. The van der Waals surface area contributed by atoms with Gasteiger partial charge in [0.2, 0.25) is 0 Å². The van der Waals surface area contributed by atoms with Gasteiger partial charge in [0, 0.05) is 0 Å². The molecule has 2 aliphatic heterocycles. The Labute approximate surface area is 82.7 Å². The van der Waals surface area contributed by atoms with Crippen LogP contribution in [0.25, 0.3) is 0 Å². The van der Waals surface area contributed by atoms with Crippen molar-refractivity contribution in [1.82, 2.24) is 5.32 Å². The molecule has 5 nitrogen and oxygen atoms in total. The van der Waals surface area contributed by atoms with Crippen LogP contribution >= 0.6 is 0 Å². The minimum atomic E-state index is -3.07. The zero-order chi connectivity index (χ0) is 10.4. The number of rotatable bonds is 1. The van der Waals surface area contributed by atoms with E-state index in [1.165, 1.54) is 0 Å². The summed E-state index contributed by atoms with van der Waals surface area (Å²) in [5.74, 6) is 0.213. The third-order valence-corrected chi connectivity index (χ3v) is 5.38. The van der Waals surface area contributed by atoms with Crippen molar-refractivity contribution in [3.63, 3.8) is 0 Å². The molecule has 0 spiro atoms. The van der Waals surface area contributed by atoms with Gasteiger partial charge in [-0.25, -0.2) is 13.2 Å². The first-order valence-corrected chi connectivity index (χ1v) is 6.34. The van der Waals surface area contributed by atoms with Gasteiger partial charge in [-0.2, -0.15) is 0 Å². The molecule has 2 fully saturated rings. The molecular weight excluding hydrogens is 206 g/mol. The molecule has 1 N–H and O–H groups in total. The normalized spacial score (nSPS) is 40.6. The van der Waals surface area contributed by atoms with Gasteiger partial charge in [0.25, 0.3) is 0 Å². The van der Waals surface area contributed by atoms with Gasteiger partial charge in [-0.1, -0.05) is 0 Å². The van der Waals surface area contributed by atoms with Crippen molar-refractivity contribution in [2.75, 3.05) is 12.3 Å². The Morgan fingerprint density at radius 3 is 2.71 bits per heavy atom. The number of carbonyl (C=O) groups is 1. The summed E-state index contributed by atoms with van der Waals surface area (Å²) < 4.78 is 28.3. The lowest BCUT2D eigenvalue weighted by Crippen LogP contribution is -2.45. The highest BCUT2D eigenvalue weighted by atomic mass is 32.2. The van der Waals surface area contributed by atoms with E-state index in [2.05, 4.69) is 5.32 Å². The number of hydrogen-bond donors (Lipinski definition) is 1. The molecule has 6 heteroatoms. The number of cyclic esters (lactones) is 1. The SMILES string of the molecule is CC1(C2CCCS2(=O)=O)CNC(=O)O1. The topological polar surface area (TPSA) is 72.5 Å².